The molecule has 3 aromatic rings. The minimum Gasteiger partial charge on any atom is -0.369 e. The highest BCUT2D eigenvalue weighted by atomic mass is 32.2. The molecule has 0 spiro atoms. The van der Waals surface area contributed by atoms with E-state index in [0.29, 0.717) is 5.76 Å². The molecule has 0 aliphatic carbocycles. The highest BCUT2D eigenvalue weighted by molar-refractivity contribution is 7.92. The first-order valence-corrected chi connectivity index (χ1v) is 9.82. The van der Waals surface area contributed by atoms with Crippen LogP contribution in [0.25, 0.3) is 22.5 Å². The van der Waals surface area contributed by atoms with Gasteiger partial charge in [0, 0.05) is 36.2 Å². The Hall–Kier alpha value is -2.94. The number of primary amides is 1. The van der Waals surface area contributed by atoms with Crippen molar-refractivity contribution in [2.24, 2.45) is 5.73 Å². The molecule has 1 amide bonds. The summed E-state index contributed by atoms with van der Waals surface area (Å²) in [6.07, 6.45) is 6.13. The number of amides is 1. The van der Waals surface area contributed by atoms with Crippen LogP contribution in [0.5, 0.6) is 0 Å². The van der Waals surface area contributed by atoms with E-state index >= 15 is 0 Å². The average molecular weight is 374 g/mol. The van der Waals surface area contributed by atoms with Gasteiger partial charge in [-0.15, -0.1) is 0 Å². The van der Waals surface area contributed by atoms with Crippen molar-refractivity contribution in [3.8, 4) is 22.5 Å². The fourth-order valence-corrected chi connectivity index (χ4v) is 3.62. The molecule has 0 saturated heterocycles. The van der Waals surface area contributed by atoms with E-state index in [9.17, 15) is 13.2 Å². The molecule has 2 heterocycles. The molecule has 8 nitrogen and oxygen atoms in total. The molecule has 2 N–H and O–H groups in total. The van der Waals surface area contributed by atoms with Gasteiger partial charge in [-0.25, -0.2) is 8.42 Å². The number of hydrogen-bond donors (Lipinski definition) is 1. The molecule has 1 unspecified atom stereocenters. The summed E-state index contributed by atoms with van der Waals surface area (Å²) in [4.78, 5) is 11.3. The molecule has 9 heteroatoms. The summed E-state index contributed by atoms with van der Waals surface area (Å²) < 4.78 is 30.0. The third-order valence-electron chi connectivity index (χ3n) is 4.01. The summed E-state index contributed by atoms with van der Waals surface area (Å²) in [5.41, 5.74) is 7.86. The summed E-state index contributed by atoms with van der Waals surface area (Å²) in [5.74, 6) is -0.184. The number of nitrogens with zero attached hydrogens (tertiary/aromatic N) is 3. The Kier molecular flexibility index (Phi) is 4.90. The molecule has 0 radical (unpaired) electrons. The zero-order chi connectivity index (χ0) is 18.7. The number of sulfone groups is 1. The van der Waals surface area contributed by atoms with Crippen LogP contribution in [0, 0.1) is 0 Å². The number of aromatic nitrogens is 3. The predicted molar refractivity (Wildman–Crippen MR) is 95.6 cm³/mol. The Morgan fingerprint density at radius 1 is 1.27 bits per heavy atom. The van der Waals surface area contributed by atoms with Gasteiger partial charge >= 0.3 is 0 Å². The molecule has 0 bridgehead atoms. The largest absolute Gasteiger partial charge is 0.369 e. The molecule has 2 aromatic heterocycles. The van der Waals surface area contributed by atoms with Crippen LogP contribution in [0.15, 0.2) is 53.4 Å². The van der Waals surface area contributed by atoms with Crippen molar-refractivity contribution < 1.29 is 17.7 Å². The third-order valence-corrected chi connectivity index (χ3v) is 5.51. The molecule has 0 saturated carbocycles. The van der Waals surface area contributed by atoms with Crippen molar-refractivity contribution in [1.82, 2.24) is 14.9 Å². The molecular weight excluding hydrogens is 356 g/mol. The number of aryl methyl sites for hydroxylation is 1. The Morgan fingerprint density at radius 3 is 2.69 bits per heavy atom. The number of carbonyl (C=O) groups excluding carboxylic acids is 1. The van der Waals surface area contributed by atoms with Gasteiger partial charge in [0.25, 0.3) is 0 Å². The van der Waals surface area contributed by atoms with Crippen LogP contribution in [0.4, 0.5) is 0 Å². The second-order valence-corrected chi connectivity index (χ2v) is 8.19. The lowest BCUT2D eigenvalue weighted by atomic mass is 10.1. The highest BCUT2D eigenvalue weighted by Gasteiger charge is 2.26. The summed E-state index contributed by atoms with van der Waals surface area (Å²) in [7, 11) is -3.54. The average Bonchev–Trinajstić information content (AvgIpc) is 3.25. The van der Waals surface area contributed by atoms with Gasteiger partial charge < -0.3 is 10.3 Å². The predicted octanol–water partition coefficient (Wildman–Crippen LogP) is 1.49. The maximum Gasteiger partial charge on any atom is 0.235 e. The molecule has 3 rings (SSSR count). The molecule has 1 atom stereocenters. The van der Waals surface area contributed by atoms with E-state index in [1.165, 1.54) is 0 Å². The zero-order valence-corrected chi connectivity index (χ0v) is 14.9. The normalized spacial score (nSPS) is 12.8. The first kappa shape index (κ1) is 17.9. The molecule has 0 aliphatic heterocycles. The van der Waals surface area contributed by atoms with Gasteiger partial charge in [0.2, 0.25) is 5.91 Å². The SMILES string of the molecule is CS(=O)(=O)C(CCn1cc(-c2cccc(-c3ccno3)c2)cn1)C(N)=O. The van der Waals surface area contributed by atoms with E-state index in [1.54, 1.807) is 29.3 Å². The van der Waals surface area contributed by atoms with E-state index < -0.39 is 21.0 Å². The molecule has 1 aromatic carbocycles. The van der Waals surface area contributed by atoms with Crippen LogP contribution >= 0.6 is 0 Å². The van der Waals surface area contributed by atoms with Crippen LogP contribution in [-0.2, 0) is 21.2 Å². The Morgan fingerprint density at radius 2 is 2.04 bits per heavy atom. The number of hydrogen-bond acceptors (Lipinski definition) is 6. The quantitative estimate of drug-likeness (QED) is 0.669. The maximum absolute atomic E-state index is 11.6. The highest BCUT2D eigenvalue weighted by Crippen LogP contribution is 2.26. The summed E-state index contributed by atoms with van der Waals surface area (Å²) in [6.45, 7) is 0.266. The molecule has 26 heavy (non-hydrogen) atoms. The summed E-state index contributed by atoms with van der Waals surface area (Å²) in [6, 6.07) is 9.47. The van der Waals surface area contributed by atoms with E-state index in [4.69, 9.17) is 10.3 Å². The lowest BCUT2D eigenvalue weighted by Gasteiger charge is -2.10. The van der Waals surface area contributed by atoms with Crippen LogP contribution in [0.2, 0.25) is 0 Å². The van der Waals surface area contributed by atoms with Gasteiger partial charge in [0.15, 0.2) is 15.6 Å². The third kappa shape index (κ3) is 3.99. The van der Waals surface area contributed by atoms with Crippen LogP contribution in [-0.4, -0.2) is 40.8 Å². The van der Waals surface area contributed by atoms with Crippen molar-refractivity contribution in [1.29, 1.82) is 0 Å². The maximum atomic E-state index is 11.6. The first-order valence-electron chi connectivity index (χ1n) is 7.87. The fourth-order valence-electron chi connectivity index (χ4n) is 2.67. The van der Waals surface area contributed by atoms with Gasteiger partial charge in [-0.3, -0.25) is 9.48 Å². The van der Waals surface area contributed by atoms with Gasteiger partial charge in [-0.1, -0.05) is 23.4 Å². The number of nitrogens with two attached hydrogens (primary N) is 1. The minimum absolute atomic E-state index is 0.0768. The molecule has 136 valence electrons. The topological polar surface area (TPSA) is 121 Å². The summed E-state index contributed by atoms with van der Waals surface area (Å²) in [5, 5.41) is 6.72. The van der Waals surface area contributed by atoms with Gasteiger partial charge in [0.05, 0.1) is 12.4 Å². The minimum atomic E-state index is -3.54. The van der Waals surface area contributed by atoms with Crippen molar-refractivity contribution >= 4 is 15.7 Å². The first-order chi connectivity index (χ1) is 12.3. The zero-order valence-electron chi connectivity index (χ0n) is 14.1. The number of carbonyl (C=O) groups is 1. The number of benzene rings is 1. The summed E-state index contributed by atoms with van der Waals surface area (Å²) >= 11 is 0. The van der Waals surface area contributed by atoms with E-state index in [1.807, 2.05) is 24.3 Å². The second-order valence-electron chi connectivity index (χ2n) is 5.96. The van der Waals surface area contributed by atoms with Crippen molar-refractivity contribution in [2.75, 3.05) is 6.26 Å². The van der Waals surface area contributed by atoms with E-state index in [0.717, 1.165) is 22.9 Å². The van der Waals surface area contributed by atoms with Gasteiger partial charge in [-0.05, 0) is 18.1 Å². The number of rotatable bonds is 7. The van der Waals surface area contributed by atoms with Crippen molar-refractivity contribution in [2.45, 2.75) is 18.2 Å². The Labute approximate surface area is 150 Å². The van der Waals surface area contributed by atoms with Crippen LogP contribution < -0.4 is 5.73 Å². The molecular formula is C17H18N4O4S. The van der Waals surface area contributed by atoms with E-state index in [2.05, 4.69) is 10.3 Å². The molecule has 0 fully saturated rings. The van der Waals surface area contributed by atoms with Gasteiger partial charge in [-0.2, -0.15) is 5.10 Å². The fraction of sp³-hybridized carbons (Fsp3) is 0.235. The van der Waals surface area contributed by atoms with E-state index in [-0.39, 0.29) is 13.0 Å². The van der Waals surface area contributed by atoms with Crippen molar-refractivity contribution in [3.63, 3.8) is 0 Å². The second kappa shape index (κ2) is 7.12. The Balaban J connectivity index is 1.76. The standard InChI is InChI=1S/C17H18N4O4S/c1-26(23,24)16(17(18)22)6-8-21-11-14(10-19-21)12-3-2-4-13(9-12)15-5-7-20-25-15/h2-5,7,9-11,16H,6,8H2,1H3,(H2,18,22). The Bertz CT molecular complexity index is 1010. The van der Waals surface area contributed by atoms with Crippen molar-refractivity contribution in [3.05, 3.63) is 48.9 Å². The van der Waals surface area contributed by atoms with Crippen LogP contribution in [0.1, 0.15) is 6.42 Å². The molecule has 0 aliphatic rings. The monoisotopic (exact) mass is 374 g/mol. The van der Waals surface area contributed by atoms with Gasteiger partial charge in [0.1, 0.15) is 5.25 Å². The van der Waals surface area contributed by atoms with Crippen LogP contribution in [0.3, 0.4) is 0 Å². The lowest BCUT2D eigenvalue weighted by Crippen LogP contribution is -2.36. The lowest BCUT2D eigenvalue weighted by molar-refractivity contribution is -0.117. The smallest absolute Gasteiger partial charge is 0.235 e.